The molecule has 0 bridgehead atoms. The fourth-order valence-corrected chi connectivity index (χ4v) is 0.907. The van der Waals surface area contributed by atoms with Gasteiger partial charge in [-0.25, -0.2) is 4.39 Å². The molecule has 0 saturated carbocycles. The monoisotopic (exact) mass is 166 g/mol. The van der Waals surface area contributed by atoms with Crippen LogP contribution in [0.2, 0.25) is 0 Å². The van der Waals surface area contributed by atoms with E-state index in [4.69, 9.17) is 5.73 Å². The van der Waals surface area contributed by atoms with E-state index in [0.717, 1.165) is 6.20 Å². The van der Waals surface area contributed by atoms with Crippen LogP contribution in [0.3, 0.4) is 0 Å². The van der Waals surface area contributed by atoms with Crippen molar-refractivity contribution >= 4 is 0 Å². The molecule has 12 heavy (non-hydrogen) atoms. The molecule has 0 amide bonds. The number of nitrogens with two attached hydrogens (primary N) is 1. The molecular formula is C9H11FN2. The van der Waals surface area contributed by atoms with E-state index >= 15 is 0 Å². The lowest BCUT2D eigenvalue weighted by atomic mass is 10.1. The molecule has 2 N–H and O–H groups in total. The van der Waals surface area contributed by atoms with Crippen LogP contribution in [0.5, 0.6) is 0 Å². The van der Waals surface area contributed by atoms with E-state index in [1.807, 2.05) is 0 Å². The van der Waals surface area contributed by atoms with Crippen LogP contribution in [-0.4, -0.2) is 4.98 Å². The van der Waals surface area contributed by atoms with Gasteiger partial charge >= 0.3 is 0 Å². The standard InChI is InChI=1S/C9H11FN2/c1-2-3-8(11)9-5-4-7(10)6-12-9/h2,4-6,8H,1,3,11H2. The fourth-order valence-electron chi connectivity index (χ4n) is 0.907. The predicted molar refractivity (Wildman–Crippen MR) is 45.9 cm³/mol. The topological polar surface area (TPSA) is 38.9 Å². The molecule has 1 atom stereocenters. The summed E-state index contributed by atoms with van der Waals surface area (Å²) < 4.78 is 12.4. The van der Waals surface area contributed by atoms with Gasteiger partial charge in [0.2, 0.25) is 0 Å². The highest BCUT2D eigenvalue weighted by Crippen LogP contribution is 2.10. The van der Waals surface area contributed by atoms with Crippen LogP contribution in [0.15, 0.2) is 31.0 Å². The molecule has 0 fully saturated rings. The van der Waals surface area contributed by atoms with Crippen molar-refractivity contribution in [2.75, 3.05) is 0 Å². The second-order valence-electron chi connectivity index (χ2n) is 2.53. The highest BCUT2D eigenvalue weighted by atomic mass is 19.1. The molecule has 0 aromatic carbocycles. The first-order chi connectivity index (χ1) is 5.74. The van der Waals surface area contributed by atoms with E-state index in [2.05, 4.69) is 11.6 Å². The van der Waals surface area contributed by atoms with Gasteiger partial charge in [-0.3, -0.25) is 4.98 Å². The van der Waals surface area contributed by atoms with Crippen molar-refractivity contribution in [3.63, 3.8) is 0 Å². The van der Waals surface area contributed by atoms with Gasteiger partial charge in [0.05, 0.1) is 17.9 Å². The van der Waals surface area contributed by atoms with Crippen LogP contribution < -0.4 is 5.73 Å². The van der Waals surface area contributed by atoms with E-state index in [0.29, 0.717) is 12.1 Å². The van der Waals surface area contributed by atoms with Crippen molar-refractivity contribution in [3.8, 4) is 0 Å². The Morgan fingerprint density at radius 2 is 2.42 bits per heavy atom. The van der Waals surface area contributed by atoms with Crippen LogP contribution in [0.1, 0.15) is 18.2 Å². The molecule has 0 spiro atoms. The molecule has 0 radical (unpaired) electrons. The molecule has 0 saturated heterocycles. The Bertz CT molecular complexity index is 256. The number of pyridine rings is 1. The van der Waals surface area contributed by atoms with E-state index in [-0.39, 0.29) is 11.9 Å². The molecule has 0 aliphatic heterocycles. The first kappa shape index (κ1) is 8.87. The van der Waals surface area contributed by atoms with E-state index < -0.39 is 0 Å². The van der Waals surface area contributed by atoms with Crippen LogP contribution in [-0.2, 0) is 0 Å². The Morgan fingerprint density at radius 3 is 2.92 bits per heavy atom. The third-order valence-corrected chi connectivity index (χ3v) is 1.55. The third-order valence-electron chi connectivity index (χ3n) is 1.55. The van der Waals surface area contributed by atoms with Crippen LogP contribution in [0.25, 0.3) is 0 Å². The summed E-state index contributed by atoms with van der Waals surface area (Å²) in [6, 6.07) is 2.76. The predicted octanol–water partition coefficient (Wildman–Crippen LogP) is 1.80. The highest BCUT2D eigenvalue weighted by Gasteiger charge is 2.04. The van der Waals surface area contributed by atoms with Crippen molar-refractivity contribution in [1.29, 1.82) is 0 Å². The van der Waals surface area contributed by atoms with Crippen molar-refractivity contribution in [1.82, 2.24) is 4.98 Å². The summed E-state index contributed by atoms with van der Waals surface area (Å²) in [6.45, 7) is 3.56. The maximum atomic E-state index is 12.4. The molecule has 3 heteroatoms. The minimum Gasteiger partial charge on any atom is -0.322 e. The van der Waals surface area contributed by atoms with Crippen LogP contribution >= 0.6 is 0 Å². The normalized spacial score (nSPS) is 12.5. The Kier molecular flexibility index (Phi) is 2.94. The molecule has 1 aromatic rings. The van der Waals surface area contributed by atoms with Crippen molar-refractivity contribution in [3.05, 3.63) is 42.5 Å². The number of nitrogens with zero attached hydrogens (tertiary/aromatic N) is 1. The number of aromatic nitrogens is 1. The van der Waals surface area contributed by atoms with Gasteiger partial charge in [-0.15, -0.1) is 6.58 Å². The summed E-state index contributed by atoms with van der Waals surface area (Å²) in [5.41, 5.74) is 6.39. The Balaban J connectivity index is 2.74. The molecule has 64 valence electrons. The summed E-state index contributed by atoms with van der Waals surface area (Å²) in [7, 11) is 0. The van der Waals surface area contributed by atoms with Gasteiger partial charge in [-0.2, -0.15) is 0 Å². The van der Waals surface area contributed by atoms with E-state index in [9.17, 15) is 4.39 Å². The van der Waals surface area contributed by atoms with Crippen molar-refractivity contribution in [2.24, 2.45) is 5.73 Å². The lowest BCUT2D eigenvalue weighted by Gasteiger charge is -2.06. The second-order valence-corrected chi connectivity index (χ2v) is 2.53. The lowest BCUT2D eigenvalue weighted by molar-refractivity contribution is 0.613. The number of hydrogen-bond acceptors (Lipinski definition) is 2. The molecule has 1 rings (SSSR count). The van der Waals surface area contributed by atoms with Crippen molar-refractivity contribution in [2.45, 2.75) is 12.5 Å². The van der Waals surface area contributed by atoms with Crippen LogP contribution in [0, 0.1) is 5.82 Å². The largest absolute Gasteiger partial charge is 0.322 e. The zero-order chi connectivity index (χ0) is 8.97. The zero-order valence-electron chi connectivity index (χ0n) is 6.70. The Hall–Kier alpha value is -1.22. The van der Waals surface area contributed by atoms with Gasteiger partial charge in [0.25, 0.3) is 0 Å². The minimum absolute atomic E-state index is 0.178. The summed E-state index contributed by atoms with van der Waals surface area (Å²) in [5, 5.41) is 0. The Labute approximate surface area is 70.9 Å². The average molecular weight is 166 g/mol. The minimum atomic E-state index is -0.343. The lowest BCUT2D eigenvalue weighted by Crippen LogP contribution is -2.10. The zero-order valence-corrected chi connectivity index (χ0v) is 6.70. The van der Waals surface area contributed by atoms with Gasteiger partial charge < -0.3 is 5.73 Å². The average Bonchev–Trinajstić information content (AvgIpc) is 2.06. The maximum Gasteiger partial charge on any atom is 0.141 e. The summed E-state index contributed by atoms with van der Waals surface area (Å²) in [5.74, 6) is -0.343. The number of hydrogen-bond donors (Lipinski definition) is 1. The first-order valence-corrected chi connectivity index (χ1v) is 3.72. The van der Waals surface area contributed by atoms with E-state index in [1.165, 1.54) is 6.07 Å². The second kappa shape index (κ2) is 3.97. The van der Waals surface area contributed by atoms with Gasteiger partial charge in [-0.05, 0) is 18.6 Å². The quantitative estimate of drug-likeness (QED) is 0.695. The maximum absolute atomic E-state index is 12.4. The molecular weight excluding hydrogens is 155 g/mol. The van der Waals surface area contributed by atoms with Gasteiger partial charge in [0.1, 0.15) is 5.82 Å². The molecule has 0 aliphatic carbocycles. The van der Waals surface area contributed by atoms with E-state index in [1.54, 1.807) is 12.1 Å². The highest BCUT2D eigenvalue weighted by molar-refractivity contribution is 5.10. The molecule has 0 aliphatic rings. The Morgan fingerprint density at radius 1 is 1.67 bits per heavy atom. The van der Waals surface area contributed by atoms with Crippen molar-refractivity contribution < 1.29 is 4.39 Å². The number of halogens is 1. The van der Waals surface area contributed by atoms with Crippen LogP contribution in [0.4, 0.5) is 4.39 Å². The molecule has 1 heterocycles. The third kappa shape index (κ3) is 2.13. The summed E-state index contributed by atoms with van der Waals surface area (Å²) in [6.07, 6.45) is 3.53. The number of rotatable bonds is 3. The first-order valence-electron chi connectivity index (χ1n) is 3.72. The fraction of sp³-hybridized carbons (Fsp3) is 0.222. The molecule has 1 aromatic heterocycles. The van der Waals surface area contributed by atoms with Gasteiger partial charge in [0, 0.05) is 0 Å². The summed E-state index contributed by atoms with van der Waals surface area (Å²) >= 11 is 0. The van der Waals surface area contributed by atoms with Gasteiger partial charge in [0.15, 0.2) is 0 Å². The van der Waals surface area contributed by atoms with Gasteiger partial charge in [-0.1, -0.05) is 6.08 Å². The SMILES string of the molecule is C=CCC(N)c1ccc(F)cn1. The molecule has 2 nitrogen and oxygen atoms in total. The molecule has 1 unspecified atom stereocenters. The summed E-state index contributed by atoms with van der Waals surface area (Å²) in [4.78, 5) is 3.85. The smallest absolute Gasteiger partial charge is 0.141 e.